The van der Waals surface area contributed by atoms with E-state index in [2.05, 4.69) is 27.5 Å². The van der Waals surface area contributed by atoms with Gasteiger partial charge < -0.3 is 15.1 Å². The summed E-state index contributed by atoms with van der Waals surface area (Å²) in [5.74, 6) is 3.36. The summed E-state index contributed by atoms with van der Waals surface area (Å²) in [4.78, 5) is 8.91. The quantitative estimate of drug-likeness (QED) is 0.461. The van der Waals surface area contributed by atoms with Gasteiger partial charge in [0.05, 0.1) is 5.69 Å². The van der Waals surface area contributed by atoms with Crippen molar-refractivity contribution in [2.75, 3.05) is 13.1 Å². The van der Waals surface area contributed by atoms with Crippen molar-refractivity contribution in [1.29, 1.82) is 0 Å². The van der Waals surface area contributed by atoms with Crippen molar-refractivity contribution < 1.29 is 4.42 Å². The van der Waals surface area contributed by atoms with Gasteiger partial charge in [0.15, 0.2) is 5.96 Å². The SMILES string of the molecule is CCNC(=NCc1nc(C)c(C)o1)NCCCC1CCCC1. The number of nitrogens with one attached hydrogen (secondary N) is 2. The monoisotopic (exact) mass is 306 g/mol. The number of rotatable bonds is 7. The summed E-state index contributed by atoms with van der Waals surface area (Å²) >= 11 is 0. The normalized spacial score (nSPS) is 16.2. The fourth-order valence-corrected chi connectivity index (χ4v) is 2.99. The lowest BCUT2D eigenvalue weighted by atomic mass is 10.0. The van der Waals surface area contributed by atoms with Crippen LogP contribution in [0.25, 0.3) is 0 Å². The molecule has 2 rings (SSSR count). The number of aliphatic imine (C=N–C) groups is 1. The van der Waals surface area contributed by atoms with Gasteiger partial charge in [-0.2, -0.15) is 0 Å². The van der Waals surface area contributed by atoms with Crippen molar-refractivity contribution in [1.82, 2.24) is 15.6 Å². The van der Waals surface area contributed by atoms with E-state index < -0.39 is 0 Å². The second-order valence-corrected chi connectivity index (χ2v) is 6.16. The van der Waals surface area contributed by atoms with Crippen molar-refractivity contribution in [2.24, 2.45) is 10.9 Å². The molecule has 1 fully saturated rings. The summed E-state index contributed by atoms with van der Waals surface area (Å²) in [6, 6.07) is 0. The largest absolute Gasteiger partial charge is 0.444 e. The number of hydrogen-bond acceptors (Lipinski definition) is 3. The number of aromatic nitrogens is 1. The van der Waals surface area contributed by atoms with Gasteiger partial charge in [0, 0.05) is 13.1 Å². The Kier molecular flexibility index (Phi) is 6.74. The maximum absolute atomic E-state index is 5.56. The number of guanidine groups is 1. The van der Waals surface area contributed by atoms with Gasteiger partial charge in [-0.15, -0.1) is 0 Å². The Hall–Kier alpha value is -1.52. The van der Waals surface area contributed by atoms with Crippen molar-refractivity contribution in [3.05, 3.63) is 17.3 Å². The van der Waals surface area contributed by atoms with Crippen molar-refractivity contribution in [3.63, 3.8) is 0 Å². The molecular weight excluding hydrogens is 276 g/mol. The van der Waals surface area contributed by atoms with Crippen molar-refractivity contribution in [2.45, 2.75) is 65.8 Å². The van der Waals surface area contributed by atoms with E-state index >= 15 is 0 Å². The molecule has 124 valence electrons. The van der Waals surface area contributed by atoms with Crippen LogP contribution in [0.15, 0.2) is 9.41 Å². The fourth-order valence-electron chi connectivity index (χ4n) is 2.99. The smallest absolute Gasteiger partial charge is 0.216 e. The maximum atomic E-state index is 5.56. The highest BCUT2D eigenvalue weighted by Gasteiger charge is 2.14. The fraction of sp³-hybridized carbons (Fsp3) is 0.765. The van der Waals surface area contributed by atoms with E-state index in [0.717, 1.165) is 36.4 Å². The maximum Gasteiger partial charge on any atom is 0.216 e. The minimum atomic E-state index is 0.479. The number of oxazole rings is 1. The summed E-state index contributed by atoms with van der Waals surface area (Å²) in [7, 11) is 0. The molecule has 0 aliphatic heterocycles. The van der Waals surface area contributed by atoms with Crippen LogP contribution in [0.3, 0.4) is 0 Å². The number of nitrogens with zero attached hydrogens (tertiary/aromatic N) is 2. The van der Waals surface area contributed by atoms with Crippen LogP contribution >= 0.6 is 0 Å². The summed E-state index contributed by atoms with van der Waals surface area (Å²) < 4.78 is 5.56. The molecule has 0 bridgehead atoms. The second kappa shape index (κ2) is 8.81. The highest BCUT2D eigenvalue weighted by atomic mass is 16.4. The van der Waals surface area contributed by atoms with Crippen LogP contribution in [0, 0.1) is 19.8 Å². The van der Waals surface area contributed by atoms with E-state index in [9.17, 15) is 0 Å². The van der Waals surface area contributed by atoms with Gasteiger partial charge in [-0.1, -0.05) is 25.7 Å². The van der Waals surface area contributed by atoms with Crippen molar-refractivity contribution in [3.8, 4) is 0 Å². The lowest BCUT2D eigenvalue weighted by Gasteiger charge is -2.12. The molecule has 0 spiro atoms. The van der Waals surface area contributed by atoms with Crippen LogP contribution in [0.5, 0.6) is 0 Å². The molecule has 0 unspecified atom stereocenters. The van der Waals surface area contributed by atoms with Crippen LogP contribution < -0.4 is 10.6 Å². The molecule has 0 radical (unpaired) electrons. The molecule has 1 aliphatic carbocycles. The first-order chi connectivity index (χ1) is 10.7. The predicted octanol–water partition coefficient (Wildman–Crippen LogP) is 3.32. The Morgan fingerprint density at radius 1 is 1.27 bits per heavy atom. The van der Waals surface area contributed by atoms with E-state index in [1.54, 1.807) is 0 Å². The molecule has 0 aromatic carbocycles. The zero-order chi connectivity index (χ0) is 15.8. The summed E-state index contributed by atoms with van der Waals surface area (Å²) in [5, 5.41) is 6.68. The minimum Gasteiger partial charge on any atom is -0.444 e. The molecular formula is C17H30N4O. The Balaban J connectivity index is 1.74. The Morgan fingerprint density at radius 3 is 2.68 bits per heavy atom. The topological polar surface area (TPSA) is 62.5 Å². The summed E-state index contributed by atoms with van der Waals surface area (Å²) in [5.41, 5.74) is 0.944. The van der Waals surface area contributed by atoms with E-state index in [1.807, 2.05) is 13.8 Å². The van der Waals surface area contributed by atoms with Gasteiger partial charge in [-0.25, -0.2) is 9.98 Å². The zero-order valence-electron chi connectivity index (χ0n) is 14.2. The summed E-state index contributed by atoms with van der Waals surface area (Å²) in [6.07, 6.45) is 8.26. The van der Waals surface area contributed by atoms with Gasteiger partial charge in [-0.3, -0.25) is 0 Å². The Labute approximate surface area is 134 Å². The first-order valence-corrected chi connectivity index (χ1v) is 8.64. The average molecular weight is 306 g/mol. The molecule has 2 N–H and O–H groups in total. The molecule has 1 heterocycles. The van der Waals surface area contributed by atoms with Crippen LogP contribution in [-0.4, -0.2) is 24.0 Å². The third kappa shape index (κ3) is 5.35. The van der Waals surface area contributed by atoms with E-state index in [-0.39, 0.29) is 0 Å². The molecule has 0 atom stereocenters. The van der Waals surface area contributed by atoms with Gasteiger partial charge in [-0.05, 0) is 39.5 Å². The molecule has 1 aromatic heterocycles. The third-order valence-electron chi connectivity index (χ3n) is 4.35. The van der Waals surface area contributed by atoms with E-state index in [4.69, 9.17) is 4.42 Å². The lowest BCUT2D eigenvalue weighted by molar-refractivity contribution is 0.471. The van der Waals surface area contributed by atoms with Crippen LogP contribution in [0.4, 0.5) is 0 Å². The first-order valence-electron chi connectivity index (χ1n) is 8.64. The van der Waals surface area contributed by atoms with Gasteiger partial charge in [0.2, 0.25) is 5.89 Å². The molecule has 0 amide bonds. The van der Waals surface area contributed by atoms with E-state index in [0.29, 0.717) is 12.4 Å². The molecule has 22 heavy (non-hydrogen) atoms. The minimum absolute atomic E-state index is 0.479. The van der Waals surface area contributed by atoms with Gasteiger partial charge in [0.25, 0.3) is 0 Å². The molecule has 1 aliphatic rings. The molecule has 5 heteroatoms. The second-order valence-electron chi connectivity index (χ2n) is 6.16. The van der Waals surface area contributed by atoms with Crippen LogP contribution in [0.1, 0.15) is 62.8 Å². The highest BCUT2D eigenvalue weighted by Crippen LogP contribution is 2.28. The zero-order valence-corrected chi connectivity index (χ0v) is 14.2. The standard InChI is InChI=1S/C17H30N4O/c1-4-18-17(19-11-7-10-15-8-5-6-9-15)20-12-16-21-13(2)14(3)22-16/h15H,4-12H2,1-3H3,(H2,18,19,20). The van der Waals surface area contributed by atoms with Gasteiger partial charge in [0.1, 0.15) is 12.3 Å². The number of hydrogen-bond donors (Lipinski definition) is 2. The molecule has 5 nitrogen and oxygen atoms in total. The number of aryl methyl sites for hydroxylation is 2. The Morgan fingerprint density at radius 2 is 2.05 bits per heavy atom. The third-order valence-corrected chi connectivity index (χ3v) is 4.35. The van der Waals surface area contributed by atoms with Crippen molar-refractivity contribution >= 4 is 5.96 Å². The molecule has 0 saturated heterocycles. The molecule has 1 aromatic rings. The van der Waals surface area contributed by atoms with Crippen LogP contribution in [-0.2, 0) is 6.54 Å². The lowest BCUT2D eigenvalue weighted by Crippen LogP contribution is -2.37. The summed E-state index contributed by atoms with van der Waals surface area (Å²) in [6.45, 7) is 8.28. The van der Waals surface area contributed by atoms with E-state index in [1.165, 1.54) is 38.5 Å². The predicted molar refractivity (Wildman–Crippen MR) is 90.0 cm³/mol. The Bertz CT molecular complexity index is 456. The highest BCUT2D eigenvalue weighted by molar-refractivity contribution is 5.79. The molecule has 1 saturated carbocycles. The average Bonchev–Trinajstić information content (AvgIpc) is 3.11. The van der Waals surface area contributed by atoms with Gasteiger partial charge >= 0.3 is 0 Å². The first kappa shape index (κ1) is 16.8. The van der Waals surface area contributed by atoms with Crippen LogP contribution in [0.2, 0.25) is 0 Å².